The van der Waals surface area contributed by atoms with E-state index in [2.05, 4.69) is 33.0 Å². The number of nitrogens with zero attached hydrogens (tertiary/aromatic N) is 2. The number of amides is 3. The van der Waals surface area contributed by atoms with Crippen LogP contribution in [-0.2, 0) is 23.9 Å². The van der Waals surface area contributed by atoms with Gasteiger partial charge in [-0.1, -0.05) is 33.8 Å². The number of nitrogens with one attached hydrogen (secondary N) is 1. The lowest BCUT2D eigenvalue weighted by atomic mass is 10.0. The molecule has 2 saturated carbocycles. The molecular formula is C27H41BN3O6. The average molecular weight is 514 g/mol. The molecule has 0 bridgehead atoms. The number of carbonyl (C=O) groups is 3. The van der Waals surface area contributed by atoms with Crippen LogP contribution in [0.2, 0.25) is 0 Å². The highest BCUT2D eigenvalue weighted by Crippen LogP contribution is 2.67. The summed E-state index contributed by atoms with van der Waals surface area (Å²) in [5.41, 5.74) is -0.422. The maximum atomic E-state index is 12.1. The Morgan fingerprint density at radius 1 is 0.892 bits per heavy atom. The van der Waals surface area contributed by atoms with Crippen LogP contribution in [-0.4, -0.2) is 90.4 Å². The topological polar surface area (TPSA) is 108 Å². The third-order valence-corrected chi connectivity index (χ3v) is 9.72. The van der Waals surface area contributed by atoms with E-state index in [0.717, 1.165) is 6.61 Å². The van der Waals surface area contributed by atoms with Crippen LogP contribution in [0.5, 0.6) is 0 Å². The molecule has 7 atom stereocenters. The van der Waals surface area contributed by atoms with Crippen LogP contribution in [0.4, 0.5) is 0 Å². The lowest BCUT2D eigenvalue weighted by Crippen LogP contribution is -2.47. The number of fused-ring (bicyclic) bond motifs is 5. The van der Waals surface area contributed by atoms with Gasteiger partial charge >= 0.3 is 0 Å². The molecule has 3 radical (unpaired) electrons. The third kappa shape index (κ3) is 4.05. The first-order valence-corrected chi connectivity index (χ1v) is 13.1. The standard InChI is InChI=1S/C11H17NO2.C8H11NO2.C8H13NO2.B/c1-10(2)7-6-5-14-11(3,4)12(6)9(13)8(7)10;1-8(2)9-6(5-11-8)3-4-7(9)10;1-8(2)5-4(3-10)9-7(11)6(5)8;/h6-8H,5H2,1-4H3;3-4,6H,5H2,1-2H3;4-6,10H,3H2,1-2H3,(H,9,11);. The molecule has 0 aromatic carbocycles. The smallest absolute Gasteiger partial charge is 0.249 e. The van der Waals surface area contributed by atoms with Gasteiger partial charge in [0, 0.05) is 26.3 Å². The Morgan fingerprint density at radius 2 is 1.46 bits per heavy atom. The Balaban J connectivity index is 0.000000129. The minimum atomic E-state index is -0.411. The summed E-state index contributed by atoms with van der Waals surface area (Å²) < 4.78 is 11.1. The lowest BCUT2D eigenvalue weighted by Gasteiger charge is -2.32. The quantitative estimate of drug-likeness (QED) is 0.508. The molecule has 2 aliphatic carbocycles. The third-order valence-electron chi connectivity index (χ3n) is 9.72. The predicted octanol–water partition coefficient (Wildman–Crippen LogP) is 1.12. The maximum absolute atomic E-state index is 12.1. The number of ether oxygens (including phenoxy) is 2. The van der Waals surface area contributed by atoms with Crippen LogP contribution in [0, 0.1) is 34.5 Å². The van der Waals surface area contributed by atoms with Crippen LogP contribution in [0.3, 0.4) is 0 Å². The fourth-order valence-corrected chi connectivity index (χ4v) is 7.67. The van der Waals surface area contributed by atoms with Crippen LogP contribution in [0.25, 0.3) is 0 Å². The number of hydrogen-bond acceptors (Lipinski definition) is 6. The van der Waals surface area contributed by atoms with E-state index in [0.29, 0.717) is 30.4 Å². The van der Waals surface area contributed by atoms with Gasteiger partial charge in [-0.05, 0) is 50.4 Å². The monoisotopic (exact) mass is 514 g/mol. The van der Waals surface area contributed by atoms with Gasteiger partial charge in [-0.3, -0.25) is 14.4 Å². The zero-order chi connectivity index (χ0) is 26.6. The number of piperidine rings is 2. The summed E-state index contributed by atoms with van der Waals surface area (Å²) >= 11 is 0. The van der Waals surface area contributed by atoms with E-state index in [9.17, 15) is 14.4 Å². The van der Waals surface area contributed by atoms with Crippen molar-refractivity contribution < 1.29 is 29.0 Å². The Hall–Kier alpha value is -1.91. The zero-order valence-corrected chi connectivity index (χ0v) is 23.3. The summed E-state index contributed by atoms with van der Waals surface area (Å²) in [6.45, 7) is 17.8. The first kappa shape index (κ1) is 28.1. The molecule has 7 rings (SSSR count). The summed E-state index contributed by atoms with van der Waals surface area (Å²) in [6, 6.07) is 0.539. The first-order chi connectivity index (χ1) is 16.6. The van der Waals surface area contributed by atoms with E-state index in [1.54, 1.807) is 11.0 Å². The van der Waals surface area contributed by atoms with Gasteiger partial charge in [-0.2, -0.15) is 0 Å². The fourth-order valence-electron chi connectivity index (χ4n) is 7.67. The molecule has 7 aliphatic rings. The van der Waals surface area contributed by atoms with Gasteiger partial charge in [-0.25, -0.2) is 0 Å². The second-order valence-corrected chi connectivity index (χ2v) is 13.4. The Morgan fingerprint density at radius 3 is 1.97 bits per heavy atom. The SMILES string of the molecule is CC1(C)C2C(=O)N3C(COC3(C)C)C21.CC1(C)C2C(=O)NC(CO)C21.CC1(C)OCC2C=CC(=O)N21.[B]. The van der Waals surface area contributed by atoms with Gasteiger partial charge in [0.15, 0.2) is 0 Å². The van der Waals surface area contributed by atoms with Gasteiger partial charge in [0.25, 0.3) is 0 Å². The van der Waals surface area contributed by atoms with Crippen molar-refractivity contribution in [2.24, 2.45) is 34.5 Å². The zero-order valence-electron chi connectivity index (χ0n) is 23.3. The van der Waals surface area contributed by atoms with Crippen LogP contribution in [0.1, 0.15) is 55.4 Å². The van der Waals surface area contributed by atoms with E-state index >= 15 is 0 Å². The fraction of sp³-hybridized carbons (Fsp3) is 0.815. The summed E-state index contributed by atoms with van der Waals surface area (Å²) in [5, 5.41) is 11.7. The Labute approximate surface area is 221 Å². The maximum Gasteiger partial charge on any atom is 0.249 e. The molecule has 3 amide bonds. The van der Waals surface area contributed by atoms with Crippen molar-refractivity contribution in [1.82, 2.24) is 15.1 Å². The molecular weight excluding hydrogens is 473 g/mol. The Kier molecular flexibility index (Phi) is 6.49. The molecule has 5 heterocycles. The number of rotatable bonds is 1. The van der Waals surface area contributed by atoms with Crippen LogP contribution >= 0.6 is 0 Å². The minimum Gasteiger partial charge on any atom is -0.394 e. The highest BCUT2D eigenvalue weighted by Gasteiger charge is 2.75. The van der Waals surface area contributed by atoms with Crippen molar-refractivity contribution >= 4 is 26.1 Å². The van der Waals surface area contributed by atoms with Crippen LogP contribution < -0.4 is 5.32 Å². The lowest BCUT2D eigenvalue weighted by molar-refractivity contribution is -0.145. The van der Waals surface area contributed by atoms with Crippen molar-refractivity contribution in [2.45, 2.75) is 85.0 Å². The molecule has 9 nitrogen and oxygen atoms in total. The second-order valence-electron chi connectivity index (χ2n) is 13.4. The van der Waals surface area contributed by atoms with Gasteiger partial charge in [-0.15, -0.1) is 0 Å². The van der Waals surface area contributed by atoms with E-state index in [1.165, 1.54) is 0 Å². The summed E-state index contributed by atoms with van der Waals surface area (Å²) in [4.78, 5) is 38.3. The summed E-state index contributed by atoms with van der Waals surface area (Å²) in [7, 11) is 0. The van der Waals surface area contributed by atoms with Crippen molar-refractivity contribution in [3.05, 3.63) is 12.2 Å². The Bertz CT molecular complexity index is 1020. The van der Waals surface area contributed by atoms with E-state index in [4.69, 9.17) is 14.6 Å². The molecule has 10 heteroatoms. The van der Waals surface area contributed by atoms with Crippen LogP contribution in [0.15, 0.2) is 12.2 Å². The highest BCUT2D eigenvalue weighted by atomic mass is 16.5. The highest BCUT2D eigenvalue weighted by molar-refractivity contribution is 5.91. The molecule has 0 aromatic heterocycles. The number of hydrogen-bond donors (Lipinski definition) is 2. The summed E-state index contributed by atoms with van der Waals surface area (Å²) in [6.07, 6.45) is 3.52. The van der Waals surface area contributed by atoms with Gasteiger partial charge in [0.05, 0.1) is 37.9 Å². The first-order valence-electron chi connectivity index (χ1n) is 13.1. The molecule has 37 heavy (non-hydrogen) atoms. The molecule has 5 aliphatic heterocycles. The largest absolute Gasteiger partial charge is 0.394 e. The molecule has 0 aromatic rings. The second kappa shape index (κ2) is 8.55. The minimum absolute atomic E-state index is 0. The van der Waals surface area contributed by atoms with E-state index in [-0.39, 0.29) is 67.3 Å². The molecule has 6 fully saturated rings. The molecule has 7 unspecified atom stereocenters. The number of aliphatic hydroxyl groups excluding tert-OH is 1. The van der Waals surface area contributed by atoms with Gasteiger partial charge < -0.3 is 29.7 Å². The van der Waals surface area contributed by atoms with E-state index < -0.39 is 5.72 Å². The van der Waals surface area contributed by atoms with Gasteiger partial charge in [0.1, 0.15) is 11.4 Å². The molecule has 2 N–H and O–H groups in total. The molecule has 203 valence electrons. The number of carbonyl (C=O) groups excluding carboxylic acids is 3. The van der Waals surface area contributed by atoms with Crippen molar-refractivity contribution in [3.63, 3.8) is 0 Å². The predicted molar refractivity (Wildman–Crippen MR) is 137 cm³/mol. The average Bonchev–Trinajstić information content (AvgIpc) is 3.20. The van der Waals surface area contributed by atoms with Crippen molar-refractivity contribution in [3.8, 4) is 0 Å². The summed E-state index contributed by atoms with van der Waals surface area (Å²) in [5.74, 6) is 1.86. The van der Waals surface area contributed by atoms with E-state index in [1.807, 2.05) is 38.7 Å². The van der Waals surface area contributed by atoms with Gasteiger partial charge in [0.2, 0.25) is 17.7 Å². The normalized spacial score (nSPS) is 40.8. The molecule has 0 spiro atoms. The van der Waals surface area contributed by atoms with Crippen molar-refractivity contribution in [1.29, 1.82) is 0 Å². The number of aliphatic hydroxyl groups is 1. The van der Waals surface area contributed by atoms with Crippen molar-refractivity contribution in [2.75, 3.05) is 19.8 Å². The molecule has 4 saturated heterocycles.